The average molecular weight is 212 g/mol. The van der Waals surface area contributed by atoms with E-state index in [-0.39, 0.29) is 0 Å². The van der Waals surface area contributed by atoms with Crippen molar-refractivity contribution in [3.8, 4) is 0 Å². The van der Waals surface area contributed by atoms with Gasteiger partial charge in [-0.25, -0.2) is 0 Å². The number of nitrogens with zero attached hydrogens (tertiary/aromatic N) is 2. The van der Waals surface area contributed by atoms with Gasteiger partial charge in [0.15, 0.2) is 0 Å². The van der Waals surface area contributed by atoms with Crippen LogP contribution >= 0.6 is 0 Å². The van der Waals surface area contributed by atoms with Crippen LogP contribution in [0.5, 0.6) is 0 Å². The number of aryl methyl sites for hydroxylation is 2. The number of hydrogen-bond acceptors (Lipinski definition) is 2. The second-order valence-electron chi connectivity index (χ2n) is 4.72. The lowest BCUT2D eigenvalue weighted by molar-refractivity contribution is 0.901. The molecule has 1 aromatic carbocycles. The van der Waals surface area contributed by atoms with Crippen molar-refractivity contribution in [2.75, 3.05) is 19.0 Å². The first-order chi connectivity index (χ1) is 7.74. The molecule has 16 heavy (non-hydrogen) atoms. The maximum atomic E-state index is 4.77. The highest BCUT2D eigenvalue weighted by Crippen LogP contribution is 2.26. The lowest BCUT2D eigenvalue weighted by Gasteiger charge is -2.13. The molecule has 1 aliphatic carbocycles. The van der Waals surface area contributed by atoms with Crippen molar-refractivity contribution in [1.29, 1.82) is 0 Å². The Hall–Kier alpha value is -1.57. The Kier molecular flexibility index (Phi) is 2.10. The number of fused-ring (bicyclic) bond motifs is 2. The molecular formula is C14H16N2. The summed E-state index contributed by atoms with van der Waals surface area (Å²) in [5, 5.41) is 1.27. The van der Waals surface area contributed by atoms with Crippen LogP contribution in [-0.2, 0) is 12.8 Å². The van der Waals surface area contributed by atoms with Gasteiger partial charge >= 0.3 is 0 Å². The van der Waals surface area contributed by atoms with Gasteiger partial charge in [-0.3, -0.25) is 4.98 Å². The van der Waals surface area contributed by atoms with E-state index in [1.54, 1.807) is 0 Å². The maximum Gasteiger partial charge on any atom is 0.0726 e. The number of rotatable bonds is 1. The quantitative estimate of drug-likeness (QED) is 0.722. The molecule has 0 N–H and O–H groups in total. The summed E-state index contributed by atoms with van der Waals surface area (Å²) in [6.45, 7) is 0. The second kappa shape index (κ2) is 3.48. The van der Waals surface area contributed by atoms with E-state index in [4.69, 9.17) is 4.98 Å². The lowest BCUT2D eigenvalue weighted by Crippen LogP contribution is -2.08. The van der Waals surface area contributed by atoms with E-state index >= 15 is 0 Å². The molecule has 0 saturated carbocycles. The Morgan fingerprint density at radius 3 is 2.81 bits per heavy atom. The minimum absolute atomic E-state index is 1.13. The third kappa shape index (κ3) is 1.45. The summed E-state index contributed by atoms with van der Waals surface area (Å²) in [4.78, 5) is 6.89. The number of anilines is 1. The topological polar surface area (TPSA) is 16.1 Å². The van der Waals surface area contributed by atoms with Gasteiger partial charge in [0.2, 0.25) is 0 Å². The van der Waals surface area contributed by atoms with Gasteiger partial charge in [0.05, 0.1) is 5.52 Å². The van der Waals surface area contributed by atoms with Crippen LogP contribution in [0, 0.1) is 0 Å². The molecule has 0 bridgehead atoms. The predicted molar refractivity (Wildman–Crippen MR) is 68.1 cm³/mol. The standard InChI is InChI=1S/C14H16N2/c1-16(2)12-7-6-11-8-10-4-3-5-13(10)15-14(11)9-12/h6-9H,3-5H2,1-2H3. The molecule has 3 rings (SSSR count). The average Bonchev–Trinajstić information content (AvgIpc) is 2.71. The predicted octanol–water partition coefficient (Wildman–Crippen LogP) is 2.79. The van der Waals surface area contributed by atoms with Gasteiger partial charge in [-0.1, -0.05) is 6.07 Å². The summed E-state index contributed by atoms with van der Waals surface area (Å²) < 4.78 is 0. The highest BCUT2D eigenvalue weighted by Gasteiger charge is 2.13. The van der Waals surface area contributed by atoms with Gasteiger partial charge in [0, 0.05) is 30.9 Å². The van der Waals surface area contributed by atoms with Crippen LogP contribution in [-0.4, -0.2) is 19.1 Å². The van der Waals surface area contributed by atoms with Crippen LogP contribution < -0.4 is 4.90 Å². The van der Waals surface area contributed by atoms with Crippen LogP contribution in [0.2, 0.25) is 0 Å². The van der Waals surface area contributed by atoms with Gasteiger partial charge in [-0.05, 0) is 43.0 Å². The van der Waals surface area contributed by atoms with Crippen molar-refractivity contribution in [2.45, 2.75) is 19.3 Å². The molecule has 82 valence electrons. The first-order valence-corrected chi connectivity index (χ1v) is 5.84. The van der Waals surface area contributed by atoms with Gasteiger partial charge in [-0.15, -0.1) is 0 Å². The fourth-order valence-electron chi connectivity index (χ4n) is 2.40. The van der Waals surface area contributed by atoms with E-state index in [0.29, 0.717) is 0 Å². The smallest absolute Gasteiger partial charge is 0.0726 e. The van der Waals surface area contributed by atoms with E-state index in [9.17, 15) is 0 Å². The highest BCUT2D eigenvalue weighted by molar-refractivity contribution is 5.83. The van der Waals surface area contributed by atoms with Crippen molar-refractivity contribution in [3.05, 3.63) is 35.5 Å². The van der Waals surface area contributed by atoms with Gasteiger partial charge in [0.25, 0.3) is 0 Å². The molecule has 2 nitrogen and oxygen atoms in total. The zero-order valence-electron chi connectivity index (χ0n) is 9.83. The number of pyridine rings is 1. The van der Waals surface area contributed by atoms with E-state index in [0.717, 1.165) is 11.9 Å². The van der Waals surface area contributed by atoms with E-state index in [2.05, 4.69) is 43.3 Å². The monoisotopic (exact) mass is 212 g/mol. The molecule has 1 aromatic heterocycles. The summed E-state index contributed by atoms with van der Waals surface area (Å²) in [5.74, 6) is 0. The zero-order valence-corrected chi connectivity index (χ0v) is 9.83. The van der Waals surface area contributed by atoms with Crippen LogP contribution in [0.4, 0.5) is 5.69 Å². The molecule has 2 heteroatoms. The van der Waals surface area contributed by atoms with Crippen molar-refractivity contribution < 1.29 is 0 Å². The Labute approximate surface area is 95.9 Å². The molecule has 1 heterocycles. The van der Waals surface area contributed by atoms with E-state index < -0.39 is 0 Å². The van der Waals surface area contributed by atoms with Crippen molar-refractivity contribution >= 4 is 16.6 Å². The largest absolute Gasteiger partial charge is 0.378 e. The Balaban J connectivity index is 2.20. The normalized spacial score (nSPS) is 14.1. The summed E-state index contributed by atoms with van der Waals surface area (Å²) in [5.41, 5.74) is 5.11. The van der Waals surface area contributed by atoms with Crippen LogP contribution in [0.15, 0.2) is 24.3 Å². The van der Waals surface area contributed by atoms with E-state index in [1.165, 1.54) is 35.2 Å². The van der Waals surface area contributed by atoms with Crippen molar-refractivity contribution in [2.24, 2.45) is 0 Å². The van der Waals surface area contributed by atoms with Crippen LogP contribution in [0.25, 0.3) is 10.9 Å². The molecule has 0 atom stereocenters. The maximum absolute atomic E-state index is 4.77. The molecule has 0 saturated heterocycles. The summed E-state index contributed by atoms with van der Waals surface area (Å²) >= 11 is 0. The van der Waals surface area contributed by atoms with Crippen molar-refractivity contribution in [3.63, 3.8) is 0 Å². The SMILES string of the molecule is CN(C)c1ccc2cc3c(nc2c1)CCC3. The van der Waals surface area contributed by atoms with Gasteiger partial charge in [0.1, 0.15) is 0 Å². The molecule has 1 aliphatic rings. The number of benzene rings is 1. The molecule has 0 radical (unpaired) electrons. The van der Waals surface area contributed by atoms with Crippen LogP contribution in [0.3, 0.4) is 0 Å². The van der Waals surface area contributed by atoms with Crippen LogP contribution in [0.1, 0.15) is 17.7 Å². The minimum atomic E-state index is 1.13. The molecule has 0 amide bonds. The third-order valence-corrected chi connectivity index (χ3v) is 3.35. The molecule has 0 spiro atoms. The third-order valence-electron chi connectivity index (χ3n) is 3.35. The first-order valence-electron chi connectivity index (χ1n) is 5.84. The molecule has 0 unspecified atom stereocenters. The fourth-order valence-corrected chi connectivity index (χ4v) is 2.40. The second-order valence-corrected chi connectivity index (χ2v) is 4.72. The Morgan fingerprint density at radius 2 is 2.00 bits per heavy atom. The number of hydrogen-bond donors (Lipinski definition) is 0. The van der Waals surface area contributed by atoms with Gasteiger partial charge in [-0.2, -0.15) is 0 Å². The Bertz CT molecular complexity index is 544. The fraction of sp³-hybridized carbons (Fsp3) is 0.357. The first kappa shape index (κ1) is 9.64. The molecule has 2 aromatic rings. The van der Waals surface area contributed by atoms with Gasteiger partial charge < -0.3 is 4.90 Å². The molecule has 0 fully saturated rings. The summed E-state index contributed by atoms with van der Waals surface area (Å²) in [7, 11) is 4.13. The highest BCUT2D eigenvalue weighted by atomic mass is 15.1. The summed E-state index contributed by atoms with van der Waals surface area (Å²) in [6, 6.07) is 8.82. The van der Waals surface area contributed by atoms with Crippen molar-refractivity contribution in [1.82, 2.24) is 4.98 Å². The van der Waals surface area contributed by atoms with E-state index in [1.807, 2.05) is 0 Å². The summed E-state index contributed by atoms with van der Waals surface area (Å²) in [6.07, 6.45) is 3.62. The lowest BCUT2D eigenvalue weighted by atomic mass is 10.1. The Morgan fingerprint density at radius 1 is 1.12 bits per heavy atom. The number of aromatic nitrogens is 1. The zero-order chi connectivity index (χ0) is 11.1. The molecular weight excluding hydrogens is 196 g/mol. The minimum Gasteiger partial charge on any atom is -0.378 e. The molecule has 0 aliphatic heterocycles.